The van der Waals surface area contributed by atoms with E-state index in [1.165, 1.54) is 30.3 Å². The van der Waals surface area contributed by atoms with Crippen molar-refractivity contribution in [3.63, 3.8) is 0 Å². The van der Waals surface area contributed by atoms with E-state index in [0.717, 1.165) is 0 Å². The Balaban J connectivity index is 1.95. The summed E-state index contributed by atoms with van der Waals surface area (Å²) in [5.41, 5.74) is 1.19. The number of aliphatic hydroxyl groups is 1. The summed E-state index contributed by atoms with van der Waals surface area (Å²) < 4.78 is 5.20. The number of halogens is 1. The summed E-state index contributed by atoms with van der Waals surface area (Å²) in [7, 11) is 1.46. The van der Waals surface area contributed by atoms with Gasteiger partial charge in [0.15, 0.2) is 0 Å². The molecule has 32 heavy (non-hydrogen) atoms. The van der Waals surface area contributed by atoms with Crippen LogP contribution in [-0.2, 0) is 9.59 Å². The summed E-state index contributed by atoms with van der Waals surface area (Å²) in [4.78, 5) is 31.8. The first-order valence-corrected chi connectivity index (χ1v) is 9.90. The van der Waals surface area contributed by atoms with Crippen LogP contribution in [0.3, 0.4) is 0 Å². The van der Waals surface area contributed by atoms with Crippen LogP contribution < -0.4 is 9.64 Å². The van der Waals surface area contributed by atoms with Gasteiger partial charge in [0.2, 0.25) is 0 Å². The molecule has 2 heterocycles. The van der Waals surface area contributed by atoms with E-state index in [4.69, 9.17) is 21.6 Å². The van der Waals surface area contributed by atoms with Gasteiger partial charge in [0, 0.05) is 17.4 Å². The van der Waals surface area contributed by atoms with E-state index in [0.29, 0.717) is 22.7 Å². The Hall–Kier alpha value is -4.15. The number of carbonyl (C=O) groups excluding carboxylic acids is 2. The van der Waals surface area contributed by atoms with Gasteiger partial charge in [-0.2, -0.15) is 5.26 Å². The van der Waals surface area contributed by atoms with Gasteiger partial charge in [-0.1, -0.05) is 17.7 Å². The number of ketones is 1. The number of Topliss-reactive ketones (excluding diaryl/α,β-unsaturated/α-hetero) is 1. The van der Waals surface area contributed by atoms with Crippen LogP contribution in [0.1, 0.15) is 22.9 Å². The number of benzene rings is 2. The van der Waals surface area contributed by atoms with Crippen molar-refractivity contribution in [1.29, 1.82) is 5.26 Å². The Bertz CT molecular complexity index is 1280. The van der Waals surface area contributed by atoms with E-state index in [1.54, 1.807) is 48.5 Å². The van der Waals surface area contributed by atoms with Gasteiger partial charge in [0.1, 0.15) is 17.6 Å². The Morgan fingerprint density at radius 1 is 1.16 bits per heavy atom. The monoisotopic (exact) mass is 445 g/mol. The molecule has 1 aliphatic rings. The molecule has 0 spiro atoms. The lowest BCUT2D eigenvalue weighted by atomic mass is 9.98. The van der Waals surface area contributed by atoms with Crippen LogP contribution in [0, 0.1) is 11.3 Å². The van der Waals surface area contributed by atoms with Crippen molar-refractivity contribution in [1.82, 2.24) is 4.98 Å². The minimum atomic E-state index is -0.994. The molecule has 1 saturated heterocycles. The second-order valence-electron chi connectivity index (χ2n) is 6.93. The van der Waals surface area contributed by atoms with E-state index < -0.39 is 23.5 Å². The molecule has 158 valence electrons. The molecule has 3 aromatic rings. The minimum absolute atomic E-state index is 0.145. The van der Waals surface area contributed by atoms with E-state index >= 15 is 0 Å². The number of methoxy groups -OCH3 is 1. The molecule has 1 fully saturated rings. The number of nitrogens with zero attached hydrogens (tertiary/aromatic N) is 3. The maximum absolute atomic E-state index is 13.1. The number of carbonyl (C=O) groups is 2. The first-order chi connectivity index (χ1) is 15.5. The molecule has 2 aromatic carbocycles. The standard InChI is InChI=1S/C24H16ClN3O4/c1-32-16-9-10-18(25)17(12-16)22(29)20-21(19-4-2-3-11-27-19)28(24(31)23(20)30)15-7-5-14(13-26)6-8-15/h2-12,21,29H,1H3/b22-20+. The molecule has 0 saturated carbocycles. The second kappa shape index (κ2) is 8.53. The molecule has 8 heteroatoms. The van der Waals surface area contributed by atoms with Gasteiger partial charge in [-0.15, -0.1) is 0 Å². The van der Waals surface area contributed by atoms with Gasteiger partial charge in [0.25, 0.3) is 11.7 Å². The highest BCUT2D eigenvalue weighted by molar-refractivity contribution is 6.52. The summed E-state index contributed by atoms with van der Waals surface area (Å²) in [6.45, 7) is 0. The normalized spacial score (nSPS) is 17.3. The van der Waals surface area contributed by atoms with Gasteiger partial charge in [-0.05, 0) is 54.6 Å². The van der Waals surface area contributed by atoms with Crippen LogP contribution in [0.2, 0.25) is 5.02 Å². The number of anilines is 1. The van der Waals surface area contributed by atoms with Crippen LogP contribution >= 0.6 is 11.6 Å². The van der Waals surface area contributed by atoms with Crippen molar-refractivity contribution in [2.75, 3.05) is 12.0 Å². The van der Waals surface area contributed by atoms with Crippen LogP contribution in [-0.4, -0.2) is 28.9 Å². The fourth-order valence-electron chi connectivity index (χ4n) is 3.57. The third kappa shape index (κ3) is 3.57. The number of hydrogen-bond donors (Lipinski definition) is 1. The van der Waals surface area contributed by atoms with E-state index in [1.807, 2.05) is 6.07 Å². The van der Waals surface area contributed by atoms with Crippen LogP contribution in [0.4, 0.5) is 5.69 Å². The summed E-state index contributed by atoms with van der Waals surface area (Å²) in [6.07, 6.45) is 1.53. The number of rotatable bonds is 4. The molecule has 1 atom stereocenters. The van der Waals surface area contributed by atoms with Crippen molar-refractivity contribution in [3.8, 4) is 11.8 Å². The Morgan fingerprint density at radius 2 is 1.91 bits per heavy atom. The number of hydrogen-bond acceptors (Lipinski definition) is 6. The molecule has 1 N–H and O–H groups in total. The molecular formula is C24H16ClN3O4. The SMILES string of the molecule is COc1ccc(Cl)c(/C(O)=C2\C(=O)C(=O)N(c3ccc(C#N)cc3)C2c2ccccn2)c1. The minimum Gasteiger partial charge on any atom is -0.507 e. The van der Waals surface area contributed by atoms with Gasteiger partial charge in [-0.3, -0.25) is 19.5 Å². The maximum Gasteiger partial charge on any atom is 0.300 e. The highest BCUT2D eigenvalue weighted by atomic mass is 35.5. The summed E-state index contributed by atoms with van der Waals surface area (Å²) >= 11 is 6.29. The van der Waals surface area contributed by atoms with Crippen LogP contribution in [0.15, 0.2) is 72.4 Å². The van der Waals surface area contributed by atoms with Crippen molar-refractivity contribution >= 4 is 34.7 Å². The topological polar surface area (TPSA) is 104 Å². The number of aliphatic hydroxyl groups excluding tert-OH is 1. The zero-order valence-corrected chi connectivity index (χ0v) is 17.6. The van der Waals surface area contributed by atoms with E-state index in [-0.39, 0.29) is 16.2 Å². The third-order valence-electron chi connectivity index (χ3n) is 5.12. The maximum atomic E-state index is 13.1. The zero-order chi connectivity index (χ0) is 22.8. The lowest BCUT2D eigenvalue weighted by molar-refractivity contribution is -0.132. The number of ether oxygens (including phenoxy) is 1. The summed E-state index contributed by atoms with van der Waals surface area (Å²) in [6, 6.07) is 17.0. The predicted octanol–water partition coefficient (Wildman–Crippen LogP) is 4.24. The molecule has 0 radical (unpaired) electrons. The first-order valence-electron chi connectivity index (χ1n) is 9.52. The summed E-state index contributed by atoms with van der Waals surface area (Å²) in [5.74, 6) is -1.71. The van der Waals surface area contributed by atoms with Gasteiger partial charge >= 0.3 is 0 Å². The zero-order valence-electron chi connectivity index (χ0n) is 16.8. The molecule has 1 aromatic heterocycles. The van der Waals surface area contributed by atoms with Crippen molar-refractivity contribution < 1.29 is 19.4 Å². The number of nitriles is 1. The van der Waals surface area contributed by atoms with Crippen molar-refractivity contribution in [2.45, 2.75) is 6.04 Å². The molecular weight excluding hydrogens is 430 g/mol. The van der Waals surface area contributed by atoms with Crippen molar-refractivity contribution in [2.24, 2.45) is 0 Å². The van der Waals surface area contributed by atoms with Crippen LogP contribution in [0.25, 0.3) is 5.76 Å². The molecule has 1 aliphatic heterocycles. The predicted molar refractivity (Wildman–Crippen MR) is 118 cm³/mol. The molecule has 4 rings (SSSR count). The highest BCUT2D eigenvalue weighted by Crippen LogP contribution is 2.42. The second-order valence-corrected chi connectivity index (χ2v) is 7.34. The number of aromatic nitrogens is 1. The Kier molecular flexibility index (Phi) is 5.63. The molecule has 0 bridgehead atoms. The van der Waals surface area contributed by atoms with Gasteiger partial charge in [-0.25, -0.2) is 0 Å². The lowest BCUT2D eigenvalue weighted by Gasteiger charge is -2.24. The first kappa shape index (κ1) is 21.1. The van der Waals surface area contributed by atoms with E-state index in [9.17, 15) is 14.7 Å². The lowest BCUT2D eigenvalue weighted by Crippen LogP contribution is -2.29. The van der Waals surface area contributed by atoms with E-state index in [2.05, 4.69) is 4.98 Å². The third-order valence-corrected chi connectivity index (χ3v) is 5.45. The smallest absolute Gasteiger partial charge is 0.300 e. The number of pyridine rings is 1. The molecule has 1 unspecified atom stereocenters. The molecule has 7 nitrogen and oxygen atoms in total. The van der Waals surface area contributed by atoms with Crippen LogP contribution in [0.5, 0.6) is 5.75 Å². The largest absolute Gasteiger partial charge is 0.507 e. The quantitative estimate of drug-likeness (QED) is 0.366. The Morgan fingerprint density at radius 3 is 2.53 bits per heavy atom. The average Bonchev–Trinajstić information content (AvgIpc) is 3.10. The van der Waals surface area contributed by atoms with Gasteiger partial charge < -0.3 is 9.84 Å². The Labute approximate surface area is 188 Å². The average molecular weight is 446 g/mol. The fourth-order valence-corrected chi connectivity index (χ4v) is 3.78. The number of amides is 1. The van der Waals surface area contributed by atoms with Crippen molar-refractivity contribution in [3.05, 3.63) is 94.3 Å². The molecule has 0 aliphatic carbocycles. The van der Waals surface area contributed by atoms with Gasteiger partial charge in [0.05, 0.1) is 35.0 Å². The molecule has 1 amide bonds. The fraction of sp³-hybridized carbons (Fsp3) is 0.0833. The summed E-state index contributed by atoms with van der Waals surface area (Å²) in [5, 5.41) is 20.4. The highest BCUT2D eigenvalue weighted by Gasteiger charge is 2.47.